The van der Waals surface area contributed by atoms with Crippen LogP contribution >= 0.6 is 35.6 Å². The van der Waals surface area contributed by atoms with Crippen molar-refractivity contribution in [2.24, 2.45) is 0 Å². The summed E-state index contributed by atoms with van der Waals surface area (Å²) in [5.41, 5.74) is 1.41. The van der Waals surface area contributed by atoms with Crippen molar-refractivity contribution in [2.45, 2.75) is 0 Å². The number of benzene rings is 2. The molecule has 1 aliphatic heterocycles. The van der Waals surface area contributed by atoms with E-state index in [4.69, 9.17) is 38.0 Å². The molecule has 1 heterocycles. The van der Waals surface area contributed by atoms with Gasteiger partial charge in [0.2, 0.25) is 5.75 Å². The highest BCUT2D eigenvalue weighted by atomic mass is 35.5. The van der Waals surface area contributed by atoms with Gasteiger partial charge in [0.1, 0.15) is 0 Å². The van der Waals surface area contributed by atoms with Crippen LogP contribution in [-0.2, 0) is 4.79 Å². The lowest BCUT2D eigenvalue weighted by Crippen LogP contribution is -2.27. The minimum absolute atomic E-state index is 0.193. The first-order valence-electron chi connectivity index (χ1n) is 7.82. The van der Waals surface area contributed by atoms with E-state index < -0.39 is 0 Å². The maximum Gasteiger partial charge on any atom is 0.270 e. The average Bonchev–Trinajstić information content (AvgIpc) is 2.95. The number of carbonyl (C=O) groups excluding carboxylic acids is 1. The molecule has 3 rings (SSSR count). The van der Waals surface area contributed by atoms with Crippen LogP contribution in [-0.4, -0.2) is 31.6 Å². The Kier molecular flexibility index (Phi) is 5.94. The van der Waals surface area contributed by atoms with Crippen molar-refractivity contribution in [3.8, 4) is 17.2 Å². The molecule has 0 radical (unpaired) electrons. The zero-order valence-electron chi connectivity index (χ0n) is 14.8. The van der Waals surface area contributed by atoms with E-state index >= 15 is 0 Å². The number of anilines is 1. The Morgan fingerprint density at radius 1 is 1.04 bits per heavy atom. The minimum Gasteiger partial charge on any atom is -0.493 e. The fourth-order valence-corrected chi connectivity index (χ4v) is 4.04. The van der Waals surface area contributed by atoms with E-state index in [9.17, 15) is 4.79 Å². The molecular weight excluding hydrogens is 406 g/mol. The fourth-order valence-electron chi connectivity index (χ4n) is 2.62. The molecule has 1 fully saturated rings. The summed E-state index contributed by atoms with van der Waals surface area (Å²) in [5, 5.41) is 0.595. The lowest BCUT2D eigenvalue weighted by atomic mass is 10.1. The highest BCUT2D eigenvalue weighted by Gasteiger charge is 2.33. The van der Waals surface area contributed by atoms with Gasteiger partial charge in [-0.2, -0.15) is 0 Å². The van der Waals surface area contributed by atoms with Crippen molar-refractivity contribution < 1.29 is 19.0 Å². The lowest BCUT2D eigenvalue weighted by molar-refractivity contribution is -0.113. The molecule has 0 saturated carbocycles. The van der Waals surface area contributed by atoms with E-state index in [1.54, 1.807) is 56.7 Å². The van der Waals surface area contributed by atoms with Gasteiger partial charge in [-0.1, -0.05) is 35.6 Å². The molecule has 0 atom stereocenters. The molecular formula is C19H16ClNO4S2. The summed E-state index contributed by atoms with van der Waals surface area (Å²) in [4.78, 5) is 14.9. The summed E-state index contributed by atoms with van der Waals surface area (Å²) in [6.07, 6.45) is 1.75. The summed E-state index contributed by atoms with van der Waals surface area (Å²) in [7, 11) is 4.62. The summed E-state index contributed by atoms with van der Waals surface area (Å²) in [5.74, 6) is 1.32. The largest absolute Gasteiger partial charge is 0.493 e. The van der Waals surface area contributed by atoms with Gasteiger partial charge < -0.3 is 14.2 Å². The number of amides is 1. The number of rotatable bonds is 5. The van der Waals surface area contributed by atoms with Crippen molar-refractivity contribution in [1.29, 1.82) is 0 Å². The maximum atomic E-state index is 12.9. The van der Waals surface area contributed by atoms with Gasteiger partial charge >= 0.3 is 0 Å². The van der Waals surface area contributed by atoms with E-state index in [-0.39, 0.29) is 5.91 Å². The second-order valence-electron chi connectivity index (χ2n) is 5.45. The SMILES string of the molecule is COc1cc(C=C2SC(=S)N(c3ccc(Cl)cc3)C2=O)cc(OC)c1OC. The van der Waals surface area contributed by atoms with Crippen LogP contribution < -0.4 is 19.1 Å². The Bertz CT molecular complexity index is 903. The first-order chi connectivity index (χ1) is 13.0. The summed E-state index contributed by atoms with van der Waals surface area (Å²) in [6.45, 7) is 0. The Labute approximate surface area is 171 Å². The molecule has 0 spiro atoms. The van der Waals surface area contributed by atoms with Crippen LogP contribution in [0.1, 0.15) is 5.56 Å². The van der Waals surface area contributed by atoms with E-state index in [2.05, 4.69) is 0 Å². The smallest absolute Gasteiger partial charge is 0.270 e. The monoisotopic (exact) mass is 421 g/mol. The third kappa shape index (κ3) is 3.90. The number of hydrogen-bond donors (Lipinski definition) is 0. The number of carbonyl (C=O) groups is 1. The number of nitrogens with zero attached hydrogens (tertiary/aromatic N) is 1. The van der Waals surface area contributed by atoms with Gasteiger partial charge in [0.25, 0.3) is 5.91 Å². The van der Waals surface area contributed by atoms with Gasteiger partial charge in [0.05, 0.1) is 31.9 Å². The van der Waals surface area contributed by atoms with E-state index in [0.717, 1.165) is 5.56 Å². The molecule has 2 aromatic carbocycles. The predicted octanol–water partition coefficient (Wildman–Crippen LogP) is 4.77. The Morgan fingerprint density at radius 3 is 2.15 bits per heavy atom. The van der Waals surface area contributed by atoms with Gasteiger partial charge in [-0.25, -0.2) is 0 Å². The molecule has 8 heteroatoms. The van der Waals surface area contributed by atoms with Crippen LogP contribution in [0, 0.1) is 0 Å². The molecule has 5 nitrogen and oxygen atoms in total. The van der Waals surface area contributed by atoms with Crippen LogP contribution in [0.15, 0.2) is 41.3 Å². The molecule has 1 aliphatic rings. The number of halogens is 1. The van der Waals surface area contributed by atoms with Crippen LogP contribution in [0.25, 0.3) is 6.08 Å². The molecule has 1 amide bonds. The maximum absolute atomic E-state index is 12.9. The molecule has 0 bridgehead atoms. The molecule has 0 unspecified atom stereocenters. The quantitative estimate of drug-likeness (QED) is 0.512. The third-order valence-corrected chi connectivity index (χ3v) is 5.42. The van der Waals surface area contributed by atoms with Crippen molar-refractivity contribution >= 4 is 57.6 Å². The van der Waals surface area contributed by atoms with Crippen LogP contribution in [0.2, 0.25) is 5.02 Å². The second kappa shape index (κ2) is 8.21. The zero-order chi connectivity index (χ0) is 19.6. The van der Waals surface area contributed by atoms with Crippen molar-refractivity contribution in [3.05, 3.63) is 51.9 Å². The number of thioether (sulfide) groups is 1. The third-order valence-electron chi connectivity index (χ3n) is 3.86. The normalized spacial score (nSPS) is 15.4. The van der Waals surface area contributed by atoms with Gasteiger partial charge in [-0.3, -0.25) is 9.69 Å². The predicted molar refractivity (Wildman–Crippen MR) is 113 cm³/mol. The van der Waals surface area contributed by atoms with E-state index in [1.807, 2.05) is 0 Å². The molecule has 1 saturated heterocycles. The van der Waals surface area contributed by atoms with Crippen LogP contribution in [0.4, 0.5) is 5.69 Å². The molecule has 140 valence electrons. The zero-order valence-corrected chi connectivity index (χ0v) is 17.2. The Hall–Kier alpha value is -2.22. The van der Waals surface area contributed by atoms with Gasteiger partial charge in [0.15, 0.2) is 15.8 Å². The highest BCUT2D eigenvalue weighted by Crippen LogP contribution is 2.41. The summed E-state index contributed by atoms with van der Waals surface area (Å²) >= 11 is 12.5. The van der Waals surface area contributed by atoms with E-state index in [0.29, 0.717) is 37.2 Å². The number of hydrogen-bond acceptors (Lipinski definition) is 6. The number of ether oxygens (including phenoxy) is 3. The molecule has 0 N–H and O–H groups in total. The Morgan fingerprint density at radius 2 is 1.63 bits per heavy atom. The van der Waals surface area contributed by atoms with Crippen molar-refractivity contribution in [2.75, 3.05) is 26.2 Å². The standard InChI is InChI=1S/C19H16ClNO4S2/c1-23-14-8-11(9-15(24-2)17(14)25-3)10-16-18(22)21(19(26)27-16)13-6-4-12(20)5-7-13/h4-10H,1-3H3. The van der Waals surface area contributed by atoms with Crippen molar-refractivity contribution in [3.63, 3.8) is 0 Å². The Balaban J connectivity index is 1.97. The molecule has 0 aromatic heterocycles. The summed E-state index contributed by atoms with van der Waals surface area (Å²) < 4.78 is 16.5. The molecule has 27 heavy (non-hydrogen) atoms. The van der Waals surface area contributed by atoms with Gasteiger partial charge in [0, 0.05) is 5.02 Å². The fraction of sp³-hybridized carbons (Fsp3) is 0.158. The average molecular weight is 422 g/mol. The summed E-state index contributed by atoms with van der Waals surface area (Å²) in [6, 6.07) is 10.5. The topological polar surface area (TPSA) is 48.0 Å². The molecule has 2 aromatic rings. The van der Waals surface area contributed by atoms with Crippen molar-refractivity contribution in [1.82, 2.24) is 0 Å². The van der Waals surface area contributed by atoms with Crippen LogP contribution in [0.3, 0.4) is 0 Å². The highest BCUT2D eigenvalue weighted by molar-refractivity contribution is 8.27. The number of methoxy groups -OCH3 is 3. The van der Waals surface area contributed by atoms with E-state index in [1.165, 1.54) is 23.8 Å². The first-order valence-corrected chi connectivity index (χ1v) is 9.42. The van der Waals surface area contributed by atoms with Gasteiger partial charge in [-0.15, -0.1) is 0 Å². The lowest BCUT2D eigenvalue weighted by Gasteiger charge is -2.14. The van der Waals surface area contributed by atoms with Gasteiger partial charge in [-0.05, 0) is 48.0 Å². The van der Waals surface area contributed by atoms with Crippen LogP contribution in [0.5, 0.6) is 17.2 Å². The minimum atomic E-state index is -0.193. The first kappa shape index (κ1) is 19.5. The number of thiocarbonyl (C=S) groups is 1. The molecule has 0 aliphatic carbocycles. The second-order valence-corrected chi connectivity index (χ2v) is 7.56.